The number of rotatable bonds is 2. The Labute approximate surface area is 168 Å². The van der Waals surface area contributed by atoms with Crippen LogP contribution in [0.15, 0.2) is 53.1 Å². The summed E-state index contributed by atoms with van der Waals surface area (Å²) in [6, 6.07) is 15.2. The van der Waals surface area contributed by atoms with Crippen LogP contribution in [0, 0.1) is 0 Å². The lowest BCUT2D eigenvalue weighted by Crippen LogP contribution is -2.14. The van der Waals surface area contributed by atoms with Gasteiger partial charge in [0.25, 0.3) is 0 Å². The van der Waals surface area contributed by atoms with Gasteiger partial charge in [-0.05, 0) is 49.4 Å². The van der Waals surface area contributed by atoms with Crippen molar-refractivity contribution in [3.8, 4) is 0 Å². The summed E-state index contributed by atoms with van der Waals surface area (Å²) in [6.45, 7) is 0. The normalized spacial score (nSPS) is 13.7. The molecule has 7 nitrogen and oxygen atoms in total. The van der Waals surface area contributed by atoms with Gasteiger partial charge in [0.2, 0.25) is 10.0 Å². The van der Waals surface area contributed by atoms with Crippen LogP contribution in [0.25, 0.3) is 21.9 Å². The molecule has 150 valence electrons. The van der Waals surface area contributed by atoms with E-state index in [1.165, 1.54) is 24.1 Å². The Morgan fingerprint density at radius 2 is 1.66 bits per heavy atom. The number of aromatic nitrogens is 2. The van der Waals surface area contributed by atoms with Crippen molar-refractivity contribution in [1.29, 1.82) is 0 Å². The fourth-order valence-electron chi connectivity index (χ4n) is 3.64. The van der Waals surface area contributed by atoms with Crippen molar-refractivity contribution in [2.45, 2.75) is 31.4 Å². The number of para-hydroxylation sites is 2. The minimum Gasteiger partial charge on any atom is -0.398 e. The molecule has 0 saturated carbocycles. The Kier molecular flexibility index (Phi) is 5.21. The third-order valence-corrected chi connectivity index (χ3v) is 5.68. The van der Waals surface area contributed by atoms with Crippen LogP contribution in [-0.4, -0.2) is 18.6 Å². The fourth-order valence-corrected chi connectivity index (χ4v) is 4.23. The van der Waals surface area contributed by atoms with E-state index in [4.69, 9.17) is 20.4 Å². The molecule has 0 atom stereocenters. The van der Waals surface area contributed by atoms with Gasteiger partial charge >= 0.3 is 0 Å². The van der Waals surface area contributed by atoms with E-state index >= 15 is 0 Å². The van der Waals surface area contributed by atoms with Gasteiger partial charge in [0.05, 0.1) is 5.52 Å². The average Bonchev–Trinajstić information content (AvgIpc) is 3.10. The molecule has 4 N–H and O–H groups in total. The average molecular weight is 410 g/mol. The standard InChI is InChI=1S/C13H14N2.C8H8N2O3S/c14-13-9-5-1-3-7-11(9)15-12-8-4-2-6-10(12)13;9-14(11,12)5-7-6-3-1-2-4-8(6)13-10-7/h1,3,5,7H,2,4,6,8H2,(H2,14,15);1-4H,5H2,(H2,9,11,12). The van der Waals surface area contributed by atoms with Gasteiger partial charge in [-0.1, -0.05) is 35.5 Å². The highest BCUT2D eigenvalue weighted by Gasteiger charge is 2.15. The topological polar surface area (TPSA) is 125 Å². The first-order chi connectivity index (χ1) is 13.9. The number of aryl methyl sites for hydroxylation is 1. The maximum atomic E-state index is 10.8. The highest BCUT2D eigenvalue weighted by atomic mass is 32.2. The Morgan fingerprint density at radius 3 is 2.45 bits per heavy atom. The van der Waals surface area contributed by atoms with E-state index < -0.39 is 10.0 Å². The summed E-state index contributed by atoms with van der Waals surface area (Å²) < 4.78 is 26.6. The van der Waals surface area contributed by atoms with Gasteiger partial charge in [-0.25, -0.2) is 13.6 Å². The van der Waals surface area contributed by atoms with Gasteiger partial charge in [0.15, 0.2) is 5.58 Å². The summed E-state index contributed by atoms with van der Waals surface area (Å²) in [5.41, 5.74) is 11.6. The van der Waals surface area contributed by atoms with Crippen LogP contribution in [0.3, 0.4) is 0 Å². The second-order valence-electron chi connectivity index (χ2n) is 7.11. The lowest BCUT2D eigenvalue weighted by atomic mass is 9.93. The Bertz CT molecular complexity index is 1280. The highest BCUT2D eigenvalue weighted by molar-refractivity contribution is 7.88. The van der Waals surface area contributed by atoms with Crippen molar-refractivity contribution in [2.24, 2.45) is 5.14 Å². The number of hydrogen-bond donors (Lipinski definition) is 2. The maximum Gasteiger partial charge on any atom is 0.214 e. The van der Waals surface area contributed by atoms with Crippen molar-refractivity contribution in [3.63, 3.8) is 0 Å². The van der Waals surface area contributed by atoms with Gasteiger partial charge < -0.3 is 10.3 Å². The van der Waals surface area contributed by atoms with Crippen LogP contribution in [0.1, 0.15) is 29.8 Å². The van der Waals surface area contributed by atoms with Crippen LogP contribution < -0.4 is 10.9 Å². The minimum absolute atomic E-state index is 0.302. The van der Waals surface area contributed by atoms with E-state index in [2.05, 4.69) is 11.2 Å². The van der Waals surface area contributed by atoms with Crippen LogP contribution in [0.5, 0.6) is 0 Å². The molecule has 0 amide bonds. The van der Waals surface area contributed by atoms with Crippen LogP contribution in [0.4, 0.5) is 5.69 Å². The molecule has 0 aliphatic heterocycles. The second kappa shape index (κ2) is 7.81. The predicted octanol–water partition coefficient (Wildman–Crippen LogP) is 3.31. The molecule has 1 aliphatic rings. The Morgan fingerprint density at radius 1 is 0.966 bits per heavy atom. The Hall–Kier alpha value is -2.97. The number of nitrogen functional groups attached to an aromatic ring is 1. The molecule has 2 aromatic heterocycles. The summed E-state index contributed by atoms with van der Waals surface area (Å²) in [4.78, 5) is 4.70. The minimum atomic E-state index is -3.56. The maximum absolute atomic E-state index is 10.8. The van der Waals surface area contributed by atoms with E-state index in [0.29, 0.717) is 16.7 Å². The number of anilines is 1. The highest BCUT2D eigenvalue weighted by Crippen LogP contribution is 2.30. The predicted molar refractivity (Wildman–Crippen MR) is 114 cm³/mol. The summed E-state index contributed by atoms with van der Waals surface area (Å²) in [7, 11) is -3.56. The summed E-state index contributed by atoms with van der Waals surface area (Å²) in [6.07, 6.45) is 4.68. The van der Waals surface area contributed by atoms with E-state index in [9.17, 15) is 8.42 Å². The van der Waals surface area contributed by atoms with Gasteiger partial charge in [-0.2, -0.15) is 0 Å². The fraction of sp³-hybridized carbons (Fsp3) is 0.238. The quantitative estimate of drug-likeness (QED) is 0.522. The Balaban J connectivity index is 0.000000142. The molecule has 29 heavy (non-hydrogen) atoms. The van der Waals surface area contributed by atoms with Crippen molar-refractivity contribution in [3.05, 3.63) is 65.5 Å². The molecule has 1 aliphatic carbocycles. The smallest absolute Gasteiger partial charge is 0.214 e. The molecule has 8 heteroatoms. The third-order valence-electron chi connectivity index (χ3n) is 5.00. The lowest BCUT2D eigenvalue weighted by molar-refractivity contribution is 0.448. The van der Waals surface area contributed by atoms with Gasteiger partial charge in [0.1, 0.15) is 11.4 Å². The van der Waals surface area contributed by atoms with E-state index in [-0.39, 0.29) is 5.75 Å². The molecule has 5 rings (SSSR count). The number of hydrogen-bond acceptors (Lipinski definition) is 6. The zero-order chi connectivity index (χ0) is 20.4. The molecule has 0 radical (unpaired) electrons. The zero-order valence-electron chi connectivity index (χ0n) is 15.8. The largest absolute Gasteiger partial charge is 0.398 e. The first-order valence-electron chi connectivity index (χ1n) is 9.42. The first-order valence-corrected chi connectivity index (χ1v) is 11.1. The van der Waals surface area contributed by atoms with Crippen molar-refractivity contribution in [1.82, 2.24) is 10.1 Å². The van der Waals surface area contributed by atoms with Crippen LogP contribution >= 0.6 is 0 Å². The van der Waals surface area contributed by atoms with Crippen molar-refractivity contribution in [2.75, 3.05) is 5.73 Å². The van der Waals surface area contributed by atoms with Gasteiger partial charge in [0, 0.05) is 22.2 Å². The number of nitrogens with zero attached hydrogens (tertiary/aromatic N) is 2. The summed E-state index contributed by atoms with van der Waals surface area (Å²) in [5, 5.41) is 10.3. The summed E-state index contributed by atoms with van der Waals surface area (Å²) >= 11 is 0. The second-order valence-corrected chi connectivity index (χ2v) is 8.72. The molecule has 0 unspecified atom stereocenters. The lowest BCUT2D eigenvalue weighted by Gasteiger charge is -2.18. The van der Waals surface area contributed by atoms with E-state index in [1.807, 2.05) is 18.2 Å². The molecule has 2 aromatic carbocycles. The zero-order valence-corrected chi connectivity index (χ0v) is 16.7. The van der Waals surface area contributed by atoms with Gasteiger partial charge in [-0.3, -0.25) is 4.98 Å². The number of primary sulfonamides is 1. The monoisotopic (exact) mass is 410 g/mol. The van der Waals surface area contributed by atoms with Crippen molar-refractivity contribution < 1.29 is 12.9 Å². The molecular weight excluding hydrogens is 388 g/mol. The number of nitrogens with two attached hydrogens (primary N) is 2. The molecule has 0 fully saturated rings. The molecule has 0 spiro atoms. The molecule has 4 aromatic rings. The molecule has 0 bridgehead atoms. The number of pyridine rings is 1. The van der Waals surface area contributed by atoms with Crippen molar-refractivity contribution >= 4 is 37.6 Å². The SMILES string of the molecule is NS(=O)(=O)Cc1noc2ccccc12.Nc1c2c(nc3ccccc13)CCCC2. The number of fused-ring (bicyclic) bond motifs is 3. The molecule has 0 saturated heterocycles. The van der Waals surface area contributed by atoms with E-state index in [0.717, 1.165) is 29.4 Å². The molecule has 2 heterocycles. The van der Waals surface area contributed by atoms with Gasteiger partial charge in [-0.15, -0.1) is 0 Å². The van der Waals surface area contributed by atoms with Crippen LogP contribution in [0.2, 0.25) is 0 Å². The third kappa shape index (κ3) is 4.23. The van der Waals surface area contributed by atoms with Crippen LogP contribution in [-0.2, 0) is 28.6 Å². The summed E-state index contributed by atoms with van der Waals surface area (Å²) in [5.74, 6) is -0.302. The number of benzene rings is 2. The molecular formula is C21H22N4O3S. The van der Waals surface area contributed by atoms with E-state index in [1.54, 1.807) is 24.3 Å². The number of sulfonamides is 1. The first kappa shape index (κ1) is 19.4.